The summed E-state index contributed by atoms with van der Waals surface area (Å²) in [6.45, 7) is 15.1. The Hall–Kier alpha value is -1.71. The van der Waals surface area contributed by atoms with Gasteiger partial charge in [0.25, 0.3) is 0 Å². The predicted octanol–water partition coefficient (Wildman–Crippen LogP) is 6.90. The maximum Gasteiger partial charge on any atom is 0.411 e. The van der Waals surface area contributed by atoms with E-state index in [4.69, 9.17) is 4.74 Å². The number of phenolic OH excluding ortho intramolecular Hbond substituents is 1. The van der Waals surface area contributed by atoms with Crippen molar-refractivity contribution in [1.29, 1.82) is 0 Å². The van der Waals surface area contributed by atoms with Crippen molar-refractivity contribution in [3.63, 3.8) is 0 Å². The minimum absolute atomic E-state index is 0.0908. The Morgan fingerprint density at radius 2 is 1.56 bits per heavy atom. The number of ether oxygens (including phenoxy) is 1. The van der Waals surface area contributed by atoms with Crippen LogP contribution >= 0.6 is 0 Å². The van der Waals surface area contributed by atoms with Gasteiger partial charge in [-0.15, -0.1) is 0 Å². The van der Waals surface area contributed by atoms with Crippen LogP contribution in [0.5, 0.6) is 5.75 Å². The third-order valence-electron chi connectivity index (χ3n) is 4.75. The molecule has 0 aliphatic heterocycles. The van der Waals surface area contributed by atoms with Crippen LogP contribution < -0.4 is 5.32 Å². The average molecular weight is 378 g/mol. The lowest BCUT2D eigenvalue weighted by Crippen LogP contribution is -2.20. The number of hydrogen-bond acceptors (Lipinski definition) is 3. The van der Waals surface area contributed by atoms with Crippen LogP contribution in [0.1, 0.15) is 98.1 Å². The molecule has 0 saturated carbocycles. The summed E-state index contributed by atoms with van der Waals surface area (Å²) in [6, 6.07) is 3.87. The number of rotatable bonds is 8. The zero-order chi connectivity index (χ0) is 20.7. The summed E-state index contributed by atoms with van der Waals surface area (Å²) in [7, 11) is 0. The number of nitrogens with one attached hydrogen (secondary N) is 1. The molecule has 1 rings (SSSR count). The SMILES string of the molecule is CCCCCCCCOC(=O)Nc1cc(C(C)(C)C)cc(C(C)(C)C)c1O. The number of unbranched alkanes of at least 4 members (excludes halogenated alkanes) is 5. The second kappa shape index (κ2) is 10.0. The molecule has 0 spiro atoms. The first kappa shape index (κ1) is 23.3. The molecule has 0 radical (unpaired) electrons. The zero-order valence-corrected chi connectivity index (χ0v) is 18.4. The average Bonchev–Trinajstić information content (AvgIpc) is 2.53. The van der Waals surface area contributed by atoms with Crippen molar-refractivity contribution in [2.24, 2.45) is 0 Å². The van der Waals surface area contributed by atoms with E-state index in [1.54, 1.807) is 0 Å². The van der Waals surface area contributed by atoms with Crippen molar-refractivity contribution in [3.8, 4) is 5.75 Å². The van der Waals surface area contributed by atoms with Gasteiger partial charge in [0, 0.05) is 5.56 Å². The number of hydrogen-bond donors (Lipinski definition) is 2. The first-order valence-corrected chi connectivity index (χ1v) is 10.3. The van der Waals surface area contributed by atoms with Gasteiger partial charge in [0.2, 0.25) is 0 Å². The molecule has 0 bridgehead atoms. The van der Waals surface area contributed by atoms with Crippen molar-refractivity contribution >= 4 is 11.8 Å². The highest BCUT2D eigenvalue weighted by atomic mass is 16.5. The molecule has 27 heavy (non-hydrogen) atoms. The summed E-state index contributed by atoms with van der Waals surface area (Å²) in [5, 5.41) is 13.4. The Bertz CT molecular complexity index is 609. The predicted molar refractivity (Wildman–Crippen MR) is 114 cm³/mol. The lowest BCUT2D eigenvalue weighted by Gasteiger charge is -2.27. The third kappa shape index (κ3) is 7.82. The zero-order valence-electron chi connectivity index (χ0n) is 18.4. The van der Waals surface area contributed by atoms with Gasteiger partial charge in [0.15, 0.2) is 0 Å². The third-order valence-corrected chi connectivity index (χ3v) is 4.75. The van der Waals surface area contributed by atoms with Gasteiger partial charge in [0.05, 0.1) is 12.3 Å². The van der Waals surface area contributed by atoms with Crippen LogP contribution in [-0.2, 0) is 15.6 Å². The Morgan fingerprint density at radius 1 is 0.963 bits per heavy atom. The lowest BCUT2D eigenvalue weighted by molar-refractivity contribution is 0.159. The van der Waals surface area contributed by atoms with Crippen molar-refractivity contribution in [2.75, 3.05) is 11.9 Å². The molecular formula is C23H39NO3. The molecule has 1 amide bonds. The van der Waals surface area contributed by atoms with Crippen LogP contribution in [0.15, 0.2) is 12.1 Å². The number of benzene rings is 1. The Labute approximate surface area is 165 Å². The molecular weight excluding hydrogens is 338 g/mol. The van der Waals surface area contributed by atoms with E-state index < -0.39 is 6.09 Å². The van der Waals surface area contributed by atoms with Crippen molar-refractivity contribution < 1.29 is 14.6 Å². The second-order valence-corrected chi connectivity index (χ2v) is 9.45. The van der Waals surface area contributed by atoms with Gasteiger partial charge >= 0.3 is 6.09 Å². The van der Waals surface area contributed by atoms with E-state index in [9.17, 15) is 9.90 Å². The van der Waals surface area contributed by atoms with Crippen molar-refractivity contribution in [1.82, 2.24) is 0 Å². The van der Waals surface area contributed by atoms with Gasteiger partial charge < -0.3 is 9.84 Å². The smallest absolute Gasteiger partial charge is 0.411 e. The van der Waals surface area contributed by atoms with Gasteiger partial charge in [-0.25, -0.2) is 4.79 Å². The minimum Gasteiger partial charge on any atom is -0.505 e. The second-order valence-electron chi connectivity index (χ2n) is 9.45. The molecule has 1 aromatic rings. The van der Waals surface area contributed by atoms with Crippen LogP contribution in [0.3, 0.4) is 0 Å². The highest BCUT2D eigenvalue weighted by molar-refractivity contribution is 5.87. The van der Waals surface area contributed by atoms with Crippen molar-refractivity contribution in [2.45, 2.75) is 97.8 Å². The minimum atomic E-state index is -0.509. The molecule has 0 heterocycles. The lowest BCUT2D eigenvalue weighted by atomic mass is 9.79. The molecule has 1 aromatic carbocycles. The van der Waals surface area contributed by atoms with Gasteiger partial charge in [-0.2, -0.15) is 0 Å². The number of carbonyl (C=O) groups is 1. The molecule has 4 nitrogen and oxygen atoms in total. The molecule has 0 aliphatic rings. The molecule has 2 N–H and O–H groups in total. The molecule has 4 heteroatoms. The largest absolute Gasteiger partial charge is 0.505 e. The molecule has 0 aromatic heterocycles. The fourth-order valence-corrected chi connectivity index (χ4v) is 2.93. The molecule has 0 aliphatic carbocycles. The maximum absolute atomic E-state index is 12.2. The van der Waals surface area contributed by atoms with Gasteiger partial charge in [-0.3, -0.25) is 5.32 Å². The first-order valence-electron chi connectivity index (χ1n) is 10.3. The van der Waals surface area contributed by atoms with E-state index in [1.807, 2.05) is 12.1 Å². The standard InChI is InChI=1S/C23H39NO3/c1-8-9-10-11-12-13-14-27-21(26)24-19-16-17(22(2,3)4)15-18(20(19)25)23(5,6)7/h15-16,25H,8-14H2,1-7H3,(H,24,26). The van der Waals surface area contributed by atoms with Gasteiger partial charge in [-0.05, 0) is 28.9 Å². The first-order chi connectivity index (χ1) is 12.5. The van der Waals surface area contributed by atoms with E-state index >= 15 is 0 Å². The van der Waals surface area contributed by atoms with Crippen LogP contribution in [0.25, 0.3) is 0 Å². The van der Waals surface area contributed by atoms with E-state index in [-0.39, 0.29) is 16.6 Å². The highest BCUT2D eigenvalue weighted by Crippen LogP contribution is 2.40. The fourth-order valence-electron chi connectivity index (χ4n) is 2.93. The number of aromatic hydroxyl groups is 1. The molecule has 0 unspecified atom stereocenters. The fraction of sp³-hybridized carbons (Fsp3) is 0.696. The Morgan fingerprint density at radius 3 is 2.11 bits per heavy atom. The van der Waals surface area contributed by atoms with E-state index in [0.717, 1.165) is 24.0 Å². The van der Waals surface area contributed by atoms with Gasteiger partial charge in [-0.1, -0.05) is 86.6 Å². The molecule has 0 saturated heterocycles. The quantitative estimate of drug-likeness (QED) is 0.383. The number of anilines is 1. The monoisotopic (exact) mass is 377 g/mol. The van der Waals surface area contributed by atoms with E-state index in [1.165, 1.54) is 25.7 Å². The number of phenols is 1. The summed E-state index contributed by atoms with van der Waals surface area (Å²) < 4.78 is 5.30. The van der Waals surface area contributed by atoms with Gasteiger partial charge in [0.1, 0.15) is 5.75 Å². The van der Waals surface area contributed by atoms with E-state index in [0.29, 0.717) is 12.3 Å². The Balaban J connectivity index is 2.77. The number of amides is 1. The van der Waals surface area contributed by atoms with Crippen LogP contribution in [0, 0.1) is 0 Å². The summed E-state index contributed by atoms with van der Waals surface area (Å²) in [4.78, 5) is 12.2. The highest BCUT2D eigenvalue weighted by Gasteiger charge is 2.25. The maximum atomic E-state index is 12.2. The number of carbonyl (C=O) groups excluding carboxylic acids is 1. The Kier molecular flexibility index (Phi) is 8.64. The normalized spacial score (nSPS) is 12.1. The molecule has 0 fully saturated rings. The van der Waals surface area contributed by atoms with Crippen LogP contribution in [0.4, 0.5) is 10.5 Å². The van der Waals surface area contributed by atoms with Crippen LogP contribution in [-0.4, -0.2) is 17.8 Å². The van der Waals surface area contributed by atoms with E-state index in [2.05, 4.69) is 53.8 Å². The summed E-state index contributed by atoms with van der Waals surface area (Å²) in [5.41, 5.74) is 1.98. The molecule has 0 atom stereocenters. The summed E-state index contributed by atoms with van der Waals surface area (Å²) in [5.74, 6) is 0.118. The van der Waals surface area contributed by atoms with Crippen molar-refractivity contribution in [3.05, 3.63) is 23.3 Å². The van der Waals surface area contributed by atoms with Crippen LogP contribution in [0.2, 0.25) is 0 Å². The molecule has 154 valence electrons. The summed E-state index contributed by atoms with van der Waals surface area (Å²) in [6.07, 6.45) is 6.36. The topological polar surface area (TPSA) is 58.6 Å². The summed E-state index contributed by atoms with van der Waals surface area (Å²) >= 11 is 0.